The van der Waals surface area contributed by atoms with Gasteiger partial charge in [-0.3, -0.25) is 4.68 Å². The maximum Gasteiger partial charge on any atom is 0.122 e. The second-order valence-electron chi connectivity index (χ2n) is 4.76. The van der Waals surface area contributed by atoms with Crippen LogP contribution in [0.5, 0.6) is 0 Å². The average Bonchev–Trinajstić information content (AvgIpc) is 3.20. The van der Waals surface area contributed by atoms with Gasteiger partial charge in [0.05, 0.1) is 24.1 Å². The number of ether oxygens (including phenoxy) is 1. The van der Waals surface area contributed by atoms with Gasteiger partial charge in [-0.1, -0.05) is 0 Å². The predicted octanol–water partition coefficient (Wildman–Crippen LogP) is 3.28. The van der Waals surface area contributed by atoms with E-state index in [-0.39, 0.29) is 6.10 Å². The van der Waals surface area contributed by atoms with Crippen molar-refractivity contribution in [3.05, 3.63) is 53.0 Å². The summed E-state index contributed by atoms with van der Waals surface area (Å²) >= 11 is 1.64. The molecular weight excluding hydrogens is 284 g/mol. The summed E-state index contributed by atoms with van der Waals surface area (Å²) in [5, 5.41) is 7.48. The molecule has 21 heavy (non-hydrogen) atoms. The van der Waals surface area contributed by atoms with Gasteiger partial charge in [0.25, 0.3) is 0 Å². The van der Waals surface area contributed by atoms with Crippen LogP contribution in [0.2, 0.25) is 0 Å². The van der Waals surface area contributed by atoms with Gasteiger partial charge < -0.3 is 9.30 Å². The van der Waals surface area contributed by atoms with E-state index in [0.717, 1.165) is 16.4 Å². The average molecular weight is 302 g/mol. The lowest BCUT2D eigenvalue weighted by Crippen LogP contribution is -2.02. The lowest BCUT2D eigenvalue weighted by molar-refractivity contribution is 0.0761. The zero-order valence-corrected chi connectivity index (χ0v) is 13.0. The summed E-state index contributed by atoms with van der Waals surface area (Å²) in [6.45, 7) is 5.41. The standard InChI is InChI=1S/C15H18N4OS/c1-3-20-12(2)15-17-13(11-21-15)9-19-10-14(8-16-19)18-6-4-5-7-18/h4-8,10-12H,3,9H2,1-2H3/t12-/m0/s1. The molecule has 6 heteroatoms. The molecule has 0 amide bonds. The largest absolute Gasteiger partial charge is 0.372 e. The van der Waals surface area contributed by atoms with E-state index in [0.29, 0.717) is 13.2 Å². The van der Waals surface area contributed by atoms with E-state index in [1.165, 1.54) is 0 Å². The monoisotopic (exact) mass is 302 g/mol. The zero-order chi connectivity index (χ0) is 14.7. The van der Waals surface area contributed by atoms with Crippen LogP contribution in [-0.4, -0.2) is 25.9 Å². The molecule has 0 N–H and O–H groups in total. The van der Waals surface area contributed by atoms with Gasteiger partial charge in [-0.2, -0.15) is 5.10 Å². The fourth-order valence-corrected chi connectivity index (χ4v) is 2.96. The van der Waals surface area contributed by atoms with Crippen LogP contribution >= 0.6 is 11.3 Å². The summed E-state index contributed by atoms with van der Waals surface area (Å²) in [6.07, 6.45) is 7.95. The highest BCUT2D eigenvalue weighted by Gasteiger charge is 2.11. The van der Waals surface area contributed by atoms with Gasteiger partial charge in [0.1, 0.15) is 11.1 Å². The molecule has 5 nitrogen and oxygen atoms in total. The first-order chi connectivity index (χ1) is 10.3. The summed E-state index contributed by atoms with van der Waals surface area (Å²) in [6, 6.07) is 4.00. The first kappa shape index (κ1) is 14.0. The van der Waals surface area contributed by atoms with Crippen molar-refractivity contribution in [1.82, 2.24) is 19.3 Å². The molecular formula is C15H18N4OS. The fourth-order valence-electron chi connectivity index (χ4n) is 2.15. The maximum atomic E-state index is 5.57. The Hall–Kier alpha value is -1.92. The van der Waals surface area contributed by atoms with E-state index < -0.39 is 0 Å². The molecule has 3 aromatic rings. The van der Waals surface area contributed by atoms with Gasteiger partial charge in [-0.25, -0.2) is 4.98 Å². The second kappa shape index (κ2) is 6.24. The van der Waals surface area contributed by atoms with Crippen molar-refractivity contribution in [2.75, 3.05) is 6.61 Å². The van der Waals surface area contributed by atoms with E-state index in [1.54, 1.807) is 11.3 Å². The zero-order valence-electron chi connectivity index (χ0n) is 12.1. The summed E-state index contributed by atoms with van der Waals surface area (Å²) in [5.74, 6) is 0. The SMILES string of the molecule is CCO[C@@H](C)c1nc(Cn2cc(-n3cccc3)cn2)cs1. The van der Waals surface area contributed by atoms with E-state index >= 15 is 0 Å². The number of thiazole rings is 1. The van der Waals surface area contributed by atoms with Gasteiger partial charge in [0.2, 0.25) is 0 Å². The minimum atomic E-state index is 0.0572. The molecule has 0 aliphatic carbocycles. The van der Waals surface area contributed by atoms with Crippen molar-refractivity contribution in [1.29, 1.82) is 0 Å². The minimum Gasteiger partial charge on any atom is -0.372 e. The molecule has 1 atom stereocenters. The van der Waals surface area contributed by atoms with E-state index in [9.17, 15) is 0 Å². The highest BCUT2D eigenvalue weighted by molar-refractivity contribution is 7.09. The molecule has 0 saturated heterocycles. The third kappa shape index (κ3) is 3.22. The Morgan fingerprint density at radius 3 is 2.90 bits per heavy atom. The number of hydrogen-bond acceptors (Lipinski definition) is 4. The summed E-state index contributed by atoms with van der Waals surface area (Å²) in [5.41, 5.74) is 2.07. The van der Waals surface area contributed by atoms with Crippen molar-refractivity contribution >= 4 is 11.3 Å². The summed E-state index contributed by atoms with van der Waals surface area (Å²) < 4.78 is 9.50. The lowest BCUT2D eigenvalue weighted by Gasteiger charge is -2.06. The Kier molecular flexibility index (Phi) is 4.17. The van der Waals surface area contributed by atoms with E-state index in [2.05, 4.69) is 15.5 Å². The fraction of sp³-hybridized carbons (Fsp3) is 0.333. The van der Waals surface area contributed by atoms with Crippen molar-refractivity contribution < 1.29 is 4.74 Å². The summed E-state index contributed by atoms with van der Waals surface area (Å²) in [7, 11) is 0. The Balaban J connectivity index is 1.70. The molecule has 0 radical (unpaired) electrons. The van der Waals surface area contributed by atoms with E-state index in [4.69, 9.17) is 4.74 Å². The predicted molar refractivity (Wildman–Crippen MR) is 82.8 cm³/mol. The molecule has 3 rings (SSSR count). The molecule has 3 aromatic heterocycles. The third-order valence-electron chi connectivity index (χ3n) is 3.18. The lowest BCUT2D eigenvalue weighted by atomic mass is 10.4. The molecule has 0 bridgehead atoms. The van der Waals surface area contributed by atoms with Crippen LogP contribution in [0.1, 0.15) is 30.7 Å². The number of rotatable bonds is 6. The Morgan fingerprint density at radius 2 is 2.14 bits per heavy atom. The van der Waals surface area contributed by atoms with Crippen LogP contribution < -0.4 is 0 Å². The first-order valence-corrected chi connectivity index (χ1v) is 7.86. The molecule has 0 aromatic carbocycles. The van der Waals surface area contributed by atoms with Gasteiger partial charge in [-0.15, -0.1) is 11.3 Å². The quantitative estimate of drug-likeness (QED) is 0.702. The minimum absolute atomic E-state index is 0.0572. The van der Waals surface area contributed by atoms with Crippen LogP contribution in [0.25, 0.3) is 5.69 Å². The molecule has 0 unspecified atom stereocenters. The number of aromatic nitrogens is 4. The molecule has 0 saturated carbocycles. The number of nitrogens with zero attached hydrogens (tertiary/aromatic N) is 4. The highest BCUT2D eigenvalue weighted by Crippen LogP contribution is 2.21. The molecule has 110 valence electrons. The van der Waals surface area contributed by atoms with Crippen molar-refractivity contribution in [3.63, 3.8) is 0 Å². The third-order valence-corrected chi connectivity index (χ3v) is 4.23. The first-order valence-electron chi connectivity index (χ1n) is 6.98. The highest BCUT2D eigenvalue weighted by atomic mass is 32.1. The molecule has 0 fully saturated rings. The van der Waals surface area contributed by atoms with Crippen molar-refractivity contribution in [2.24, 2.45) is 0 Å². The van der Waals surface area contributed by atoms with Crippen molar-refractivity contribution in [3.8, 4) is 5.69 Å². The Bertz CT molecular complexity index is 686. The normalized spacial score (nSPS) is 12.7. The molecule has 0 spiro atoms. The van der Waals surface area contributed by atoms with Crippen LogP contribution in [0.15, 0.2) is 42.3 Å². The van der Waals surface area contributed by atoms with Crippen molar-refractivity contribution in [2.45, 2.75) is 26.5 Å². The molecule has 3 heterocycles. The van der Waals surface area contributed by atoms with Gasteiger partial charge in [-0.05, 0) is 26.0 Å². The van der Waals surface area contributed by atoms with Gasteiger partial charge in [0, 0.05) is 30.6 Å². The smallest absolute Gasteiger partial charge is 0.122 e. The van der Waals surface area contributed by atoms with Gasteiger partial charge >= 0.3 is 0 Å². The number of hydrogen-bond donors (Lipinski definition) is 0. The van der Waals surface area contributed by atoms with Crippen LogP contribution in [0.4, 0.5) is 0 Å². The van der Waals surface area contributed by atoms with Crippen LogP contribution in [-0.2, 0) is 11.3 Å². The van der Waals surface area contributed by atoms with Crippen LogP contribution in [0, 0.1) is 0 Å². The summed E-state index contributed by atoms with van der Waals surface area (Å²) in [4.78, 5) is 4.62. The topological polar surface area (TPSA) is 44.9 Å². The molecule has 0 aliphatic rings. The van der Waals surface area contributed by atoms with Crippen LogP contribution in [0.3, 0.4) is 0 Å². The Labute approximate surface area is 127 Å². The molecule has 0 aliphatic heterocycles. The maximum absolute atomic E-state index is 5.57. The Morgan fingerprint density at radius 1 is 1.33 bits per heavy atom. The second-order valence-corrected chi connectivity index (χ2v) is 5.65. The van der Waals surface area contributed by atoms with Gasteiger partial charge in [0.15, 0.2) is 0 Å². The van der Waals surface area contributed by atoms with E-state index in [1.807, 2.05) is 60.0 Å².